The highest BCUT2D eigenvalue weighted by atomic mass is 35.5. The summed E-state index contributed by atoms with van der Waals surface area (Å²) in [4.78, 5) is 25.4. The summed E-state index contributed by atoms with van der Waals surface area (Å²) in [6.07, 6.45) is 3.58. The number of nitrogens with two attached hydrogens (primary N) is 1. The number of hydrogen-bond donors (Lipinski definition) is 4. The fourth-order valence-corrected chi connectivity index (χ4v) is 2.98. The van der Waals surface area contributed by atoms with Gasteiger partial charge in [0.15, 0.2) is 0 Å². The van der Waals surface area contributed by atoms with Gasteiger partial charge in [-0.2, -0.15) is 0 Å². The molecule has 5 N–H and O–H groups in total. The Labute approximate surface area is 156 Å². The average Bonchev–Trinajstić information content (AvgIpc) is 2.89. The van der Waals surface area contributed by atoms with Crippen molar-refractivity contribution in [3.05, 3.63) is 52.3 Å². The van der Waals surface area contributed by atoms with Crippen molar-refractivity contribution < 1.29 is 0 Å². The van der Waals surface area contributed by atoms with Gasteiger partial charge in [-0.1, -0.05) is 6.07 Å². The predicted molar refractivity (Wildman–Crippen MR) is 103 cm³/mol. The number of aromatic nitrogens is 4. The number of anilines is 1. The van der Waals surface area contributed by atoms with Crippen LogP contribution in [0.1, 0.15) is 30.0 Å². The number of hydrogen-bond acceptors (Lipinski definition) is 5. The van der Waals surface area contributed by atoms with Crippen LogP contribution in [-0.4, -0.2) is 26.0 Å². The molecule has 134 valence electrons. The molecule has 0 bridgehead atoms. The van der Waals surface area contributed by atoms with Gasteiger partial charge < -0.3 is 21.0 Å². The van der Waals surface area contributed by atoms with Crippen LogP contribution in [-0.2, 0) is 6.54 Å². The standard InChI is InChI=1S/C16H18N6O.2ClH/c17-11-4-10(5-11)13-6-15(20-8-19-13)18-7-9-1-2-12-14(3-9)22-16(23)21-12;;/h1-3,6,8,10-11H,4-5,7,17H2,(H,18,19,20)(H2,21,22,23);2*1H. The van der Waals surface area contributed by atoms with Gasteiger partial charge >= 0.3 is 5.69 Å². The van der Waals surface area contributed by atoms with Gasteiger partial charge in [-0.25, -0.2) is 14.8 Å². The Balaban J connectivity index is 0.00000113. The molecule has 0 unspecified atom stereocenters. The first-order chi connectivity index (χ1) is 11.2. The molecule has 3 aromatic rings. The molecule has 4 rings (SSSR count). The first kappa shape index (κ1) is 19.2. The lowest BCUT2D eigenvalue weighted by atomic mass is 9.79. The normalized spacial score (nSPS) is 18.8. The van der Waals surface area contributed by atoms with Crippen LogP contribution < -0.4 is 16.7 Å². The number of nitrogens with one attached hydrogen (secondary N) is 3. The third kappa shape index (κ3) is 4.12. The largest absolute Gasteiger partial charge is 0.366 e. The molecular formula is C16H20Cl2N6O. The van der Waals surface area contributed by atoms with E-state index in [1.807, 2.05) is 24.3 Å². The molecule has 0 atom stereocenters. The SMILES string of the molecule is Cl.Cl.NC1CC(c2cc(NCc3ccc4[nH]c(=O)[nH]c4c3)ncn2)C1. The van der Waals surface area contributed by atoms with Gasteiger partial charge in [-0.3, -0.25) is 0 Å². The molecule has 0 radical (unpaired) electrons. The van der Waals surface area contributed by atoms with Gasteiger partial charge in [0.25, 0.3) is 0 Å². The van der Waals surface area contributed by atoms with Gasteiger partial charge in [-0.05, 0) is 30.5 Å². The molecule has 25 heavy (non-hydrogen) atoms. The monoisotopic (exact) mass is 382 g/mol. The van der Waals surface area contributed by atoms with Gasteiger partial charge in [0.05, 0.1) is 11.0 Å². The van der Waals surface area contributed by atoms with Gasteiger partial charge in [0.1, 0.15) is 12.1 Å². The minimum Gasteiger partial charge on any atom is -0.366 e. The average molecular weight is 383 g/mol. The second-order valence-corrected chi connectivity index (χ2v) is 6.07. The fourth-order valence-electron chi connectivity index (χ4n) is 2.98. The Kier molecular flexibility index (Phi) is 6.05. The smallest absolute Gasteiger partial charge is 0.323 e. The lowest BCUT2D eigenvalue weighted by molar-refractivity contribution is 0.345. The number of imidazole rings is 1. The maximum atomic E-state index is 11.3. The molecule has 1 aromatic carbocycles. The highest BCUT2D eigenvalue weighted by Crippen LogP contribution is 2.34. The summed E-state index contributed by atoms with van der Waals surface area (Å²) < 4.78 is 0. The minimum absolute atomic E-state index is 0. The lowest BCUT2D eigenvalue weighted by Gasteiger charge is -2.31. The number of benzene rings is 1. The summed E-state index contributed by atoms with van der Waals surface area (Å²) in [6, 6.07) is 8.12. The molecule has 2 heterocycles. The first-order valence-corrected chi connectivity index (χ1v) is 7.70. The van der Waals surface area contributed by atoms with Crippen molar-refractivity contribution in [2.45, 2.75) is 31.3 Å². The van der Waals surface area contributed by atoms with Crippen molar-refractivity contribution in [3.63, 3.8) is 0 Å². The van der Waals surface area contributed by atoms with E-state index < -0.39 is 0 Å². The Morgan fingerprint density at radius 3 is 2.64 bits per heavy atom. The number of nitrogens with zero attached hydrogens (tertiary/aromatic N) is 2. The Morgan fingerprint density at radius 2 is 1.88 bits per heavy atom. The molecule has 0 saturated heterocycles. The molecule has 0 aliphatic heterocycles. The highest BCUT2D eigenvalue weighted by Gasteiger charge is 2.28. The third-order valence-electron chi connectivity index (χ3n) is 4.34. The van der Waals surface area contributed by atoms with Crippen LogP contribution in [0.15, 0.2) is 35.4 Å². The zero-order valence-corrected chi connectivity index (χ0v) is 15.0. The molecule has 1 aliphatic rings. The Morgan fingerprint density at radius 1 is 1.12 bits per heavy atom. The van der Waals surface area contributed by atoms with Crippen LogP contribution >= 0.6 is 24.8 Å². The molecule has 1 aliphatic carbocycles. The second-order valence-electron chi connectivity index (χ2n) is 6.07. The highest BCUT2D eigenvalue weighted by molar-refractivity contribution is 5.85. The van der Waals surface area contributed by atoms with Crippen molar-refractivity contribution in [2.75, 3.05) is 5.32 Å². The summed E-state index contributed by atoms with van der Waals surface area (Å²) in [5, 5.41) is 3.30. The van der Waals surface area contributed by atoms with Crippen molar-refractivity contribution in [1.29, 1.82) is 0 Å². The summed E-state index contributed by atoms with van der Waals surface area (Å²) in [5.74, 6) is 1.26. The van der Waals surface area contributed by atoms with Crippen molar-refractivity contribution in [2.24, 2.45) is 5.73 Å². The third-order valence-corrected chi connectivity index (χ3v) is 4.34. The number of aromatic amines is 2. The second kappa shape index (κ2) is 7.86. The first-order valence-electron chi connectivity index (χ1n) is 7.70. The molecule has 7 nitrogen and oxygen atoms in total. The van der Waals surface area contributed by atoms with Crippen LogP contribution in [0.25, 0.3) is 11.0 Å². The van der Waals surface area contributed by atoms with E-state index in [4.69, 9.17) is 5.73 Å². The zero-order valence-electron chi connectivity index (χ0n) is 13.4. The molecular weight excluding hydrogens is 363 g/mol. The van der Waals surface area contributed by atoms with Crippen LogP contribution in [0.3, 0.4) is 0 Å². The molecule has 1 saturated carbocycles. The van der Waals surface area contributed by atoms with E-state index in [1.165, 1.54) is 0 Å². The summed E-state index contributed by atoms with van der Waals surface area (Å²) in [5.41, 5.74) is 9.38. The van der Waals surface area contributed by atoms with Crippen LogP contribution in [0.4, 0.5) is 5.82 Å². The van der Waals surface area contributed by atoms with E-state index in [9.17, 15) is 4.79 Å². The van der Waals surface area contributed by atoms with E-state index in [0.717, 1.165) is 41.0 Å². The van der Waals surface area contributed by atoms with Crippen molar-refractivity contribution in [3.8, 4) is 0 Å². The Hall–Kier alpha value is -2.09. The lowest BCUT2D eigenvalue weighted by Crippen LogP contribution is -2.35. The number of H-pyrrole nitrogens is 2. The topological polar surface area (TPSA) is 112 Å². The number of fused-ring (bicyclic) bond motifs is 1. The van der Waals surface area contributed by atoms with E-state index in [2.05, 4.69) is 25.3 Å². The summed E-state index contributed by atoms with van der Waals surface area (Å²) in [7, 11) is 0. The van der Waals surface area contributed by atoms with Crippen LogP contribution in [0, 0.1) is 0 Å². The van der Waals surface area contributed by atoms with E-state index >= 15 is 0 Å². The van der Waals surface area contributed by atoms with Gasteiger partial charge in [-0.15, -0.1) is 24.8 Å². The number of halogens is 2. The van der Waals surface area contributed by atoms with Crippen LogP contribution in [0.2, 0.25) is 0 Å². The zero-order chi connectivity index (χ0) is 15.8. The Bertz CT molecular complexity index is 903. The molecule has 0 spiro atoms. The van der Waals surface area contributed by atoms with Crippen molar-refractivity contribution >= 4 is 41.7 Å². The molecule has 0 amide bonds. The van der Waals surface area contributed by atoms with Crippen molar-refractivity contribution in [1.82, 2.24) is 19.9 Å². The summed E-state index contributed by atoms with van der Waals surface area (Å²) in [6.45, 7) is 0.629. The van der Waals surface area contributed by atoms with Crippen LogP contribution in [0.5, 0.6) is 0 Å². The number of rotatable bonds is 4. The maximum absolute atomic E-state index is 11.3. The van der Waals surface area contributed by atoms with Gasteiger partial charge in [0, 0.05) is 30.3 Å². The van der Waals surface area contributed by atoms with E-state index in [-0.39, 0.29) is 30.5 Å². The molecule has 1 fully saturated rings. The minimum atomic E-state index is -0.191. The van der Waals surface area contributed by atoms with E-state index in [0.29, 0.717) is 18.5 Å². The summed E-state index contributed by atoms with van der Waals surface area (Å²) >= 11 is 0. The maximum Gasteiger partial charge on any atom is 0.323 e. The van der Waals surface area contributed by atoms with Gasteiger partial charge in [0.2, 0.25) is 0 Å². The fraction of sp³-hybridized carbons (Fsp3) is 0.312. The molecule has 2 aromatic heterocycles. The molecule has 9 heteroatoms. The van der Waals surface area contributed by atoms with E-state index in [1.54, 1.807) is 6.33 Å². The quantitative estimate of drug-likeness (QED) is 0.552. The predicted octanol–water partition coefficient (Wildman–Crippen LogP) is 2.31.